The van der Waals surface area contributed by atoms with E-state index in [0.29, 0.717) is 0 Å². The minimum absolute atomic E-state index is 0.0155. The number of carbonyl (C=O) groups excluding carboxylic acids is 4. The Morgan fingerprint density at radius 2 is 1.71 bits per heavy atom. The standard InChI is InChI=1S/C23H34ClN5O8S/c1-21(2,3)35-18(33)23(7,8)37-29-14(17(32)25-9-11-12(10-30)26-16(11)31)13-15(24)38-19(27-13)28-20(34)36-22(4,5)6/h11-12,30H,9-10H2,1-8H3,(H,25,32)(H,26,31)(H,27,28,34)/b29-14-/t11?,12-/m0/s1. The predicted octanol–water partition coefficient (Wildman–Crippen LogP) is 2.21. The van der Waals surface area contributed by atoms with Gasteiger partial charge in [0, 0.05) is 6.54 Å². The topological polar surface area (TPSA) is 178 Å². The number of nitrogens with zero attached hydrogens (tertiary/aromatic N) is 2. The Bertz CT molecular complexity index is 1110. The molecular weight excluding hydrogens is 542 g/mol. The van der Waals surface area contributed by atoms with Crippen molar-refractivity contribution in [2.45, 2.75) is 78.2 Å². The zero-order valence-electron chi connectivity index (χ0n) is 22.6. The van der Waals surface area contributed by atoms with Crippen molar-refractivity contribution in [2.24, 2.45) is 11.1 Å². The molecule has 0 spiro atoms. The number of esters is 1. The molecule has 212 valence electrons. The molecular formula is C23H34ClN5O8S. The number of nitrogens with one attached hydrogen (secondary N) is 3. The van der Waals surface area contributed by atoms with Gasteiger partial charge in [0.15, 0.2) is 10.8 Å². The zero-order chi connectivity index (χ0) is 29.1. The quantitative estimate of drug-likeness (QED) is 0.149. The fourth-order valence-electron chi connectivity index (χ4n) is 2.85. The summed E-state index contributed by atoms with van der Waals surface area (Å²) in [6, 6.07) is -0.502. The summed E-state index contributed by atoms with van der Waals surface area (Å²) in [5.41, 5.74) is -3.72. The monoisotopic (exact) mass is 575 g/mol. The molecule has 0 aliphatic carbocycles. The number of rotatable bonds is 9. The highest BCUT2D eigenvalue weighted by Crippen LogP contribution is 2.30. The Kier molecular flexibility index (Phi) is 9.73. The van der Waals surface area contributed by atoms with Gasteiger partial charge < -0.3 is 30.1 Å². The Morgan fingerprint density at radius 1 is 1.11 bits per heavy atom. The molecule has 15 heteroatoms. The second-order valence-electron chi connectivity index (χ2n) is 10.9. The molecule has 1 aliphatic heterocycles. The number of aliphatic hydroxyl groups is 1. The summed E-state index contributed by atoms with van der Waals surface area (Å²) in [7, 11) is 0. The SMILES string of the molecule is CC(C)(C)OC(=O)Nc1nc(/C(=N/OC(C)(C)C(=O)OC(C)(C)C)C(=O)NCC2C(=O)N[C@H]2CO)c(Cl)s1. The van der Waals surface area contributed by atoms with Crippen LogP contribution < -0.4 is 16.0 Å². The number of hydrogen-bond donors (Lipinski definition) is 4. The molecule has 1 aliphatic rings. The molecule has 38 heavy (non-hydrogen) atoms. The van der Waals surface area contributed by atoms with E-state index in [1.54, 1.807) is 41.5 Å². The lowest BCUT2D eigenvalue weighted by Crippen LogP contribution is -2.63. The normalized spacial score (nSPS) is 18.2. The first-order chi connectivity index (χ1) is 17.3. The largest absolute Gasteiger partial charge is 0.457 e. The molecule has 4 N–H and O–H groups in total. The van der Waals surface area contributed by atoms with E-state index < -0.39 is 52.4 Å². The third-order valence-electron chi connectivity index (χ3n) is 4.72. The van der Waals surface area contributed by atoms with Gasteiger partial charge in [-0.25, -0.2) is 14.6 Å². The van der Waals surface area contributed by atoms with Gasteiger partial charge in [-0.05, 0) is 55.4 Å². The number of thiazole rings is 1. The van der Waals surface area contributed by atoms with Gasteiger partial charge in [0.1, 0.15) is 21.2 Å². The first kappa shape index (κ1) is 31.2. The smallest absolute Gasteiger partial charge is 0.413 e. The summed E-state index contributed by atoms with van der Waals surface area (Å²) >= 11 is 7.17. The number of ether oxygens (including phenoxy) is 2. The van der Waals surface area contributed by atoms with E-state index in [9.17, 15) is 24.3 Å². The highest BCUT2D eigenvalue weighted by atomic mass is 35.5. The van der Waals surface area contributed by atoms with Crippen molar-refractivity contribution in [3.8, 4) is 0 Å². The summed E-state index contributed by atoms with van der Waals surface area (Å²) in [4.78, 5) is 59.3. The van der Waals surface area contributed by atoms with E-state index in [1.165, 1.54) is 13.8 Å². The number of β-lactam (4-membered cyclic amide) rings is 1. The average molecular weight is 576 g/mol. The van der Waals surface area contributed by atoms with E-state index in [0.717, 1.165) is 11.3 Å². The fourth-order valence-corrected chi connectivity index (χ4v) is 3.88. The van der Waals surface area contributed by atoms with Gasteiger partial charge >= 0.3 is 12.1 Å². The zero-order valence-corrected chi connectivity index (χ0v) is 24.1. The van der Waals surface area contributed by atoms with Crippen molar-refractivity contribution in [2.75, 3.05) is 18.5 Å². The first-order valence-corrected chi connectivity index (χ1v) is 12.9. The molecule has 2 rings (SSSR count). The lowest BCUT2D eigenvalue weighted by Gasteiger charge is -2.35. The van der Waals surface area contributed by atoms with Crippen molar-refractivity contribution < 1.29 is 38.6 Å². The molecule has 3 amide bonds. The summed E-state index contributed by atoms with van der Waals surface area (Å²) in [5, 5.41) is 20.7. The maximum Gasteiger partial charge on any atom is 0.413 e. The molecule has 0 bridgehead atoms. The number of oxime groups is 1. The van der Waals surface area contributed by atoms with Crippen LogP contribution in [-0.2, 0) is 28.7 Å². The lowest BCUT2D eigenvalue weighted by molar-refractivity contribution is -0.179. The van der Waals surface area contributed by atoms with Crippen molar-refractivity contribution in [3.63, 3.8) is 0 Å². The van der Waals surface area contributed by atoms with E-state index in [4.69, 9.17) is 25.9 Å². The summed E-state index contributed by atoms with van der Waals surface area (Å²) in [6.07, 6.45) is -0.786. The molecule has 2 heterocycles. The Hall–Kier alpha value is -2.97. The van der Waals surface area contributed by atoms with E-state index in [1.807, 2.05) is 0 Å². The molecule has 0 saturated carbocycles. The van der Waals surface area contributed by atoms with Crippen LogP contribution in [0.2, 0.25) is 4.34 Å². The van der Waals surface area contributed by atoms with Crippen LogP contribution in [0.3, 0.4) is 0 Å². The summed E-state index contributed by atoms with van der Waals surface area (Å²) in [5.74, 6) is -2.54. The summed E-state index contributed by atoms with van der Waals surface area (Å²) in [6.45, 7) is 12.5. The van der Waals surface area contributed by atoms with Crippen LogP contribution in [0.15, 0.2) is 5.16 Å². The van der Waals surface area contributed by atoms with Crippen LogP contribution >= 0.6 is 22.9 Å². The molecule has 0 radical (unpaired) electrons. The van der Waals surface area contributed by atoms with Crippen molar-refractivity contribution >= 4 is 57.7 Å². The lowest BCUT2D eigenvalue weighted by atomic mass is 9.91. The summed E-state index contributed by atoms with van der Waals surface area (Å²) < 4.78 is 10.5. The first-order valence-electron chi connectivity index (χ1n) is 11.7. The number of anilines is 1. The van der Waals surface area contributed by atoms with E-state index >= 15 is 0 Å². The van der Waals surface area contributed by atoms with Gasteiger partial charge in [-0.2, -0.15) is 0 Å². The van der Waals surface area contributed by atoms with Gasteiger partial charge in [-0.1, -0.05) is 28.1 Å². The molecule has 13 nitrogen and oxygen atoms in total. The molecule has 2 atom stereocenters. The molecule has 1 fully saturated rings. The van der Waals surface area contributed by atoms with Gasteiger partial charge in [-0.3, -0.25) is 14.9 Å². The van der Waals surface area contributed by atoms with Crippen LogP contribution in [0.1, 0.15) is 61.1 Å². The van der Waals surface area contributed by atoms with Crippen molar-refractivity contribution in [3.05, 3.63) is 10.0 Å². The number of aliphatic hydroxyl groups excluding tert-OH is 1. The third kappa shape index (κ3) is 8.81. The van der Waals surface area contributed by atoms with E-state index in [-0.39, 0.29) is 34.2 Å². The third-order valence-corrected chi connectivity index (χ3v) is 5.89. The molecule has 1 aromatic heterocycles. The van der Waals surface area contributed by atoms with Crippen LogP contribution in [0, 0.1) is 5.92 Å². The maximum absolute atomic E-state index is 13.1. The van der Waals surface area contributed by atoms with Crippen LogP contribution in [0.4, 0.5) is 9.93 Å². The molecule has 0 aromatic carbocycles. The number of carbonyl (C=O) groups is 4. The number of hydrogen-bond acceptors (Lipinski definition) is 11. The van der Waals surface area contributed by atoms with Crippen molar-refractivity contribution in [1.29, 1.82) is 0 Å². The minimum atomic E-state index is -1.60. The van der Waals surface area contributed by atoms with Crippen LogP contribution in [0.25, 0.3) is 0 Å². The average Bonchev–Trinajstić information content (AvgIpc) is 3.08. The molecule has 1 saturated heterocycles. The Morgan fingerprint density at radius 3 is 2.24 bits per heavy atom. The van der Waals surface area contributed by atoms with Crippen LogP contribution in [-0.4, -0.2) is 75.7 Å². The van der Waals surface area contributed by atoms with E-state index in [2.05, 4.69) is 26.1 Å². The maximum atomic E-state index is 13.1. The Balaban J connectivity index is 2.32. The fraction of sp³-hybridized carbons (Fsp3) is 0.652. The number of amides is 3. The highest BCUT2D eigenvalue weighted by molar-refractivity contribution is 7.20. The van der Waals surface area contributed by atoms with Gasteiger partial charge in [-0.15, -0.1) is 0 Å². The van der Waals surface area contributed by atoms with Gasteiger partial charge in [0.2, 0.25) is 11.5 Å². The van der Waals surface area contributed by atoms with Gasteiger partial charge in [0.25, 0.3) is 5.91 Å². The number of aromatic nitrogens is 1. The van der Waals surface area contributed by atoms with Crippen molar-refractivity contribution in [1.82, 2.24) is 15.6 Å². The second kappa shape index (κ2) is 11.8. The number of halogens is 1. The Labute approximate surface area is 229 Å². The van der Waals surface area contributed by atoms with Crippen LogP contribution in [0.5, 0.6) is 0 Å². The highest BCUT2D eigenvalue weighted by Gasteiger charge is 2.40. The molecule has 1 aromatic rings. The minimum Gasteiger partial charge on any atom is -0.457 e. The second-order valence-corrected chi connectivity index (χ2v) is 12.5. The molecule has 1 unspecified atom stereocenters. The predicted molar refractivity (Wildman–Crippen MR) is 140 cm³/mol. The van der Waals surface area contributed by atoms with Gasteiger partial charge in [0.05, 0.1) is 18.6 Å².